The summed E-state index contributed by atoms with van der Waals surface area (Å²) in [5, 5.41) is 0. The minimum absolute atomic E-state index is 0.176. The van der Waals surface area contributed by atoms with Crippen LogP contribution in [0.2, 0.25) is 0 Å². The van der Waals surface area contributed by atoms with Gasteiger partial charge in [0.15, 0.2) is 0 Å². The van der Waals surface area contributed by atoms with Crippen molar-refractivity contribution in [3.63, 3.8) is 0 Å². The van der Waals surface area contributed by atoms with E-state index in [0.717, 1.165) is 36.1 Å². The number of piperidine rings is 1. The number of nitrogens with two attached hydrogens (primary N) is 2. The average molecular weight is 326 g/mol. The lowest BCUT2D eigenvalue weighted by molar-refractivity contribution is 0.100. The predicted octanol–water partition coefficient (Wildman–Crippen LogP) is 2.11. The highest BCUT2D eigenvalue weighted by Gasteiger charge is 2.25. The molecule has 1 aromatic carbocycles. The maximum absolute atomic E-state index is 11.6. The number of primary amides is 1. The number of rotatable bonds is 3. The molecule has 2 rings (SSSR count). The predicted molar refractivity (Wildman–Crippen MR) is 81.2 cm³/mol. The van der Waals surface area contributed by atoms with Crippen LogP contribution >= 0.6 is 15.9 Å². The van der Waals surface area contributed by atoms with Gasteiger partial charge < -0.3 is 16.4 Å². The number of anilines is 1. The molecule has 0 spiro atoms. The molecule has 104 valence electrons. The van der Waals surface area contributed by atoms with Crippen LogP contribution in [0.15, 0.2) is 22.7 Å². The van der Waals surface area contributed by atoms with Gasteiger partial charge in [-0.25, -0.2) is 0 Å². The quantitative estimate of drug-likeness (QED) is 0.894. The molecule has 1 aliphatic heterocycles. The summed E-state index contributed by atoms with van der Waals surface area (Å²) in [6, 6.07) is 5.85. The molecule has 4 nitrogen and oxygen atoms in total. The zero-order chi connectivity index (χ0) is 14.0. The summed E-state index contributed by atoms with van der Waals surface area (Å²) >= 11 is 3.38. The molecule has 0 saturated carbocycles. The molecule has 1 aromatic rings. The lowest BCUT2D eigenvalue weighted by Gasteiger charge is -2.36. The van der Waals surface area contributed by atoms with Crippen molar-refractivity contribution in [2.45, 2.75) is 25.8 Å². The molecular weight excluding hydrogens is 306 g/mol. The Morgan fingerprint density at radius 2 is 2.26 bits per heavy atom. The third kappa shape index (κ3) is 3.28. The first kappa shape index (κ1) is 14.3. The standard InChI is InChI=1S/C14H20BrN3O/c1-9(16)10-3-2-6-18(8-10)13-5-4-11(15)7-12(13)14(17)19/h4-5,7,9-10H,2-3,6,8,16H2,1H3,(H2,17,19). The monoisotopic (exact) mass is 325 g/mol. The van der Waals surface area contributed by atoms with Gasteiger partial charge in [-0.05, 0) is 43.9 Å². The van der Waals surface area contributed by atoms with Gasteiger partial charge in [-0.2, -0.15) is 0 Å². The second kappa shape index (κ2) is 5.92. The van der Waals surface area contributed by atoms with Crippen LogP contribution in [0.1, 0.15) is 30.1 Å². The highest BCUT2D eigenvalue weighted by atomic mass is 79.9. The van der Waals surface area contributed by atoms with E-state index in [0.29, 0.717) is 11.5 Å². The molecule has 0 aromatic heterocycles. The van der Waals surface area contributed by atoms with Crippen molar-refractivity contribution < 1.29 is 4.79 Å². The smallest absolute Gasteiger partial charge is 0.250 e. The van der Waals surface area contributed by atoms with E-state index < -0.39 is 0 Å². The minimum atomic E-state index is -0.390. The second-order valence-corrected chi connectivity index (χ2v) is 6.15. The third-order valence-corrected chi connectivity index (χ3v) is 4.26. The number of carbonyl (C=O) groups is 1. The Morgan fingerprint density at radius 1 is 1.53 bits per heavy atom. The van der Waals surface area contributed by atoms with E-state index in [1.807, 2.05) is 19.1 Å². The van der Waals surface area contributed by atoms with Crippen LogP contribution in [-0.2, 0) is 0 Å². The number of carbonyl (C=O) groups excluding carboxylic acids is 1. The van der Waals surface area contributed by atoms with Crippen molar-refractivity contribution in [3.8, 4) is 0 Å². The van der Waals surface area contributed by atoms with Gasteiger partial charge in [-0.15, -0.1) is 0 Å². The Morgan fingerprint density at radius 3 is 2.89 bits per heavy atom. The molecule has 1 heterocycles. The molecule has 0 aliphatic carbocycles. The van der Waals surface area contributed by atoms with Gasteiger partial charge in [0.1, 0.15) is 0 Å². The van der Waals surface area contributed by atoms with Gasteiger partial charge in [0.05, 0.1) is 5.56 Å². The topological polar surface area (TPSA) is 72.3 Å². The summed E-state index contributed by atoms with van der Waals surface area (Å²) in [7, 11) is 0. The van der Waals surface area contributed by atoms with E-state index in [4.69, 9.17) is 11.5 Å². The van der Waals surface area contributed by atoms with Gasteiger partial charge in [-0.1, -0.05) is 15.9 Å². The van der Waals surface area contributed by atoms with Crippen LogP contribution < -0.4 is 16.4 Å². The molecule has 0 radical (unpaired) electrons. The maximum Gasteiger partial charge on any atom is 0.250 e. The Bertz CT molecular complexity index is 476. The van der Waals surface area contributed by atoms with Gasteiger partial charge in [-0.3, -0.25) is 4.79 Å². The van der Waals surface area contributed by atoms with Crippen LogP contribution in [0.5, 0.6) is 0 Å². The fourth-order valence-electron chi connectivity index (χ4n) is 2.64. The van der Waals surface area contributed by atoms with Gasteiger partial charge in [0.2, 0.25) is 0 Å². The van der Waals surface area contributed by atoms with E-state index in [9.17, 15) is 4.79 Å². The summed E-state index contributed by atoms with van der Waals surface area (Å²) in [6.45, 7) is 3.88. The van der Waals surface area contributed by atoms with E-state index in [-0.39, 0.29) is 11.9 Å². The normalized spacial score (nSPS) is 21.2. The average Bonchev–Trinajstić information content (AvgIpc) is 2.38. The maximum atomic E-state index is 11.6. The first-order valence-corrected chi connectivity index (χ1v) is 7.38. The van der Waals surface area contributed by atoms with Crippen LogP contribution in [0, 0.1) is 5.92 Å². The molecule has 1 saturated heterocycles. The number of halogens is 1. The van der Waals surface area contributed by atoms with Crippen LogP contribution in [-0.4, -0.2) is 25.0 Å². The zero-order valence-corrected chi connectivity index (χ0v) is 12.7. The Kier molecular flexibility index (Phi) is 4.47. The molecule has 19 heavy (non-hydrogen) atoms. The summed E-state index contributed by atoms with van der Waals surface area (Å²) in [5.41, 5.74) is 13.0. The fourth-order valence-corrected chi connectivity index (χ4v) is 3.00. The highest BCUT2D eigenvalue weighted by molar-refractivity contribution is 9.10. The van der Waals surface area contributed by atoms with Crippen molar-refractivity contribution in [2.75, 3.05) is 18.0 Å². The molecular formula is C14H20BrN3O. The number of amides is 1. The first-order valence-electron chi connectivity index (χ1n) is 6.59. The second-order valence-electron chi connectivity index (χ2n) is 5.23. The fraction of sp³-hybridized carbons (Fsp3) is 0.500. The van der Waals surface area contributed by atoms with Crippen molar-refractivity contribution in [3.05, 3.63) is 28.2 Å². The molecule has 1 fully saturated rings. The van der Waals surface area contributed by atoms with E-state index >= 15 is 0 Å². The zero-order valence-electron chi connectivity index (χ0n) is 11.1. The number of benzene rings is 1. The number of hydrogen-bond donors (Lipinski definition) is 2. The minimum Gasteiger partial charge on any atom is -0.371 e. The Hall–Kier alpha value is -1.07. The van der Waals surface area contributed by atoms with Gasteiger partial charge in [0.25, 0.3) is 5.91 Å². The lowest BCUT2D eigenvalue weighted by Crippen LogP contribution is -2.43. The summed E-state index contributed by atoms with van der Waals surface area (Å²) in [5.74, 6) is 0.0809. The van der Waals surface area contributed by atoms with Crippen LogP contribution in [0.25, 0.3) is 0 Å². The van der Waals surface area contributed by atoms with Crippen molar-refractivity contribution >= 4 is 27.5 Å². The largest absolute Gasteiger partial charge is 0.371 e. The molecule has 1 aliphatic rings. The summed E-state index contributed by atoms with van der Waals surface area (Å²) < 4.78 is 0.866. The van der Waals surface area contributed by atoms with Crippen molar-refractivity contribution in [1.29, 1.82) is 0 Å². The third-order valence-electron chi connectivity index (χ3n) is 3.77. The van der Waals surface area contributed by atoms with E-state index in [1.54, 1.807) is 6.07 Å². The lowest BCUT2D eigenvalue weighted by atomic mass is 9.91. The molecule has 1 amide bonds. The van der Waals surface area contributed by atoms with Gasteiger partial charge >= 0.3 is 0 Å². The summed E-state index contributed by atoms with van der Waals surface area (Å²) in [6.07, 6.45) is 2.25. The van der Waals surface area contributed by atoms with E-state index in [1.165, 1.54) is 0 Å². The number of nitrogens with zero attached hydrogens (tertiary/aromatic N) is 1. The number of hydrogen-bond acceptors (Lipinski definition) is 3. The highest BCUT2D eigenvalue weighted by Crippen LogP contribution is 2.29. The van der Waals surface area contributed by atoms with Crippen LogP contribution in [0.3, 0.4) is 0 Å². The molecule has 5 heteroatoms. The molecule has 2 unspecified atom stereocenters. The SMILES string of the molecule is CC(N)C1CCCN(c2ccc(Br)cc2C(N)=O)C1. The van der Waals surface area contributed by atoms with E-state index in [2.05, 4.69) is 20.8 Å². The van der Waals surface area contributed by atoms with Crippen molar-refractivity contribution in [1.82, 2.24) is 0 Å². The van der Waals surface area contributed by atoms with Gasteiger partial charge in [0, 0.05) is 29.3 Å². The first-order chi connectivity index (χ1) is 8.99. The van der Waals surface area contributed by atoms with Crippen LogP contribution in [0.4, 0.5) is 5.69 Å². The molecule has 4 N–H and O–H groups in total. The Balaban J connectivity index is 2.28. The molecule has 0 bridgehead atoms. The molecule has 2 atom stereocenters. The Labute approximate surface area is 122 Å². The summed E-state index contributed by atoms with van der Waals surface area (Å²) in [4.78, 5) is 13.8. The van der Waals surface area contributed by atoms with Crippen molar-refractivity contribution in [2.24, 2.45) is 17.4 Å².